The van der Waals surface area contributed by atoms with Crippen LogP contribution < -0.4 is 5.32 Å². The highest BCUT2D eigenvalue weighted by atomic mass is 35.5. The molecular weight excluding hydrogens is 529 g/mol. The lowest BCUT2D eigenvalue weighted by atomic mass is 9.88. The number of anilines is 1. The summed E-state index contributed by atoms with van der Waals surface area (Å²) in [6.07, 6.45) is 3.54. The molecule has 0 spiro atoms. The smallest absolute Gasteiger partial charge is 0.276 e. The fourth-order valence-electron chi connectivity index (χ4n) is 5.24. The maximum atomic E-state index is 14.3. The number of hydrogen-bond donors (Lipinski definition) is 1. The molecule has 38 heavy (non-hydrogen) atoms. The van der Waals surface area contributed by atoms with Gasteiger partial charge >= 0.3 is 0 Å². The minimum absolute atomic E-state index is 0.0469. The van der Waals surface area contributed by atoms with Crippen LogP contribution in [0.3, 0.4) is 0 Å². The highest BCUT2D eigenvalue weighted by Crippen LogP contribution is 2.29. The van der Waals surface area contributed by atoms with Gasteiger partial charge in [0.15, 0.2) is 0 Å². The molecule has 1 saturated carbocycles. The van der Waals surface area contributed by atoms with Gasteiger partial charge in [-0.2, -0.15) is 4.37 Å². The number of carbonyl (C=O) groups excluding carboxylic acids is 3. The second-order valence-corrected chi connectivity index (χ2v) is 11.2. The average Bonchev–Trinajstić information content (AvgIpc) is 3.52. The zero-order valence-electron chi connectivity index (χ0n) is 20.8. The van der Waals surface area contributed by atoms with Crippen molar-refractivity contribution in [2.75, 3.05) is 18.5 Å². The summed E-state index contributed by atoms with van der Waals surface area (Å²) in [6, 6.07) is 12.2. The Kier molecular flexibility index (Phi) is 8.35. The largest absolute Gasteiger partial charge is 0.376 e. The Hall–Kier alpha value is -2.88. The number of rotatable bonds is 8. The molecule has 5 rings (SSSR count). The van der Waals surface area contributed by atoms with Gasteiger partial charge in [-0.15, -0.1) is 0 Å². The molecule has 200 valence electrons. The Morgan fingerprint density at radius 1 is 1.18 bits per heavy atom. The maximum Gasteiger partial charge on any atom is 0.276 e. The van der Waals surface area contributed by atoms with Crippen LogP contribution in [0.4, 0.5) is 10.1 Å². The molecule has 10 heteroatoms. The third-order valence-electron chi connectivity index (χ3n) is 7.35. The topological polar surface area (TPSA) is 88.6 Å². The first-order valence-corrected chi connectivity index (χ1v) is 14.0. The fourth-order valence-corrected chi connectivity index (χ4v) is 6.26. The van der Waals surface area contributed by atoms with Crippen LogP contribution >= 0.6 is 23.1 Å². The first-order chi connectivity index (χ1) is 18.4. The molecule has 2 heterocycles. The molecule has 1 aliphatic carbocycles. The number of nitrogens with one attached hydrogen (secondary N) is 1. The van der Waals surface area contributed by atoms with Gasteiger partial charge in [-0.05, 0) is 61.0 Å². The van der Waals surface area contributed by atoms with E-state index in [0.717, 1.165) is 42.1 Å². The Labute approximate surface area is 229 Å². The first-order valence-electron chi connectivity index (χ1n) is 12.9. The Bertz CT molecular complexity index is 1330. The molecule has 3 aromatic rings. The van der Waals surface area contributed by atoms with Crippen molar-refractivity contribution in [3.63, 3.8) is 0 Å². The molecule has 1 saturated heterocycles. The number of ether oxygens (including phenoxy) is 1. The van der Waals surface area contributed by atoms with E-state index in [1.807, 2.05) is 24.3 Å². The van der Waals surface area contributed by atoms with Crippen molar-refractivity contribution in [1.82, 2.24) is 9.27 Å². The van der Waals surface area contributed by atoms with Crippen molar-refractivity contribution >= 4 is 57.0 Å². The quantitative estimate of drug-likeness (QED) is 0.372. The number of hydrogen-bond acceptors (Lipinski definition) is 6. The van der Waals surface area contributed by atoms with Gasteiger partial charge in [0, 0.05) is 17.7 Å². The van der Waals surface area contributed by atoms with Gasteiger partial charge in [-0.1, -0.05) is 35.9 Å². The summed E-state index contributed by atoms with van der Waals surface area (Å²) in [4.78, 5) is 38.4. The van der Waals surface area contributed by atoms with E-state index >= 15 is 0 Å². The van der Waals surface area contributed by atoms with Crippen molar-refractivity contribution in [2.24, 2.45) is 5.92 Å². The average molecular weight is 558 g/mol. The van der Waals surface area contributed by atoms with Gasteiger partial charge in [-0.3, -0.25) is 9.59 Å². The molecule has 2 aliphatic rings. The van der Waals surface area contributed by atoms with Crippen LogP contribution in [0.5, 0.6) is 0 Å². The van der Waals surface area contributed by atoms with Gasteiger partial charge in [0.1, 0.15) is 18.2 Å². The summed E-state index contributed by atoms with van der Waals surface area (Å²) in [6.45, 7) is 0.341. The van der Waals surface area contributed by atoms with Gasteiger partial charge in [0.25, 0.3) is 5.91 Å². The van der Waals surface area contributed by atoms with Gasteiger partial charge in [-0.25, -0.2) is 4.39 Å². The van der Waals surface area contributed by atoms with Crippen molar-refractivity contribution in [3.8, 4) is 0 Å². The van der Waals surface area contributed by atoms with Gasteiger partial charge in [0.2, 0.25) is 5.91 Å². The molecule has 1 aliphatic heterocycles. The van der Waals surface area contributed by atoms with E-state index in [1.165, 1.54) is 11.5 Å². The summed E-state index contributed by atoms with van der Waals surface area (Å²) in [5.74, 6) is -0.444. The number of aldehydes is 1. The van der Waals surface area contributed by atoms with Crippen molar-refractivity contribution in [2.45, 2.75) is 56.8 Å². The van der Waals surface area contributed by atoms with Crippen molar-refractivity contribution < 1.29 is 23.5 Å². The molecule has 1 N–H and O–H groups in total. The number of nitrogens with zero attached hydrogens (tertiary/aromatic N) is 2. The zero-order chi connectivity index (χ0) is 26.6. The van der Waals surface area contributed by atoms with Crippen molar-refractivity contribution in [1.29, 1.82) is 0 Å². The number of amides is 2. The zero-order valence-corrected chi connectivity index (χ0v) is 22.3. The molecule has 0 radical (unpaired) electrons. The second-order valence-electron chi connectivity index (χ2n) is 10.0. The standard InChI is InChI=1S/C28H29ClFN3O4S/c29-23-11-18(7-10-24(23)31-28(36)27-22-3-1-2-4-25(22)38-32-27)12-26(35)33-14-19(30)13-20(33)16-37-21-8-5-17(15-34)6-9-21/h1-4,7,10-11,15,17,19-21H,5-6,8-9,12-14,16H2,(H,31,36)/t17?,19-,20-,21?/m0/s1. The molecule has 7 nitrogen and oxygen atoms in total. The molecule has 2 fully saturated rings. The first kappa shape index (κ1) is 26.7. The Balaban J connectivity index is 1.18. The Morgan fingerprint density at radius 3 is 2.74 bits per heavy atom. The number of fused-ring (bicyclic) bond motifs is 1. The van der Waals surface area contributed by atoms with E-state index in [0.29, 0.717) is 28.6 Å². The molecular formula is C28H29ClFN3O4S. The Morgan fingerprint density at radius 2 is 1.97 bits per heavy atom. The third kappa shape index (κ3) is 6.06. The summed E-state index contributed by atoms with van der Waals surface area (Å²) >= 11 is 7.70. The predicted octanol–water partition coefficient (Wildman–Crippen LogP) is 5.46. The lowest BCUT2D eigenvalue weighted by Gasteiger charge is -2.29. The SMILES string of the molecule is O=CC1CCC(OC[C@@H]2C[C@H](F)CN2C(=O)Cc2ccc(NC(=O)c3nsc4ccccc34)c(Cl)c2)CC1. The molecule has 0 bridgehead atoms. The van der Waals surface area contributed by atoms with Gasteiger partial charge in [0.05, 0.1) is 47.1 Å². The normalized spacial score (nSPS) is 23.5. The summed E-state index contributed by atoms with van der Waals surface area (Å²) in [5, 5.41) is 3.88. The van der Waals surface area contributed by atoms with E-state index < -0.39 is 6.17 Å². The highest BCUT2D eigenvalue weighted by molar-refractivity contribution is 7.13. The van der Waals surface area contributed by atoms with Crippen LogP contribution in [-0.2, 0) is 20.7 Å². The summed E-state index contributed by atoms with van der Waals surface area (Å²) in [5.41, 5.74) is 1.43. The van der Waals surface area contributed by atoms with E-state index in [-0.39, 0.29) is 49.3 Å². The molecule has 2 amide bonds. The summed E-state index contributed by atoms with van der Waals surface area (Å²) in [7, 11) is 0. The van der Waals surface area contributed by atoms with Crippen LogP contribution in [0, 0.1) is 5.92 Å². The highest BCUT2D eigenvalue weighted by Gasteiger charge is 2.36. The number of benzene rings is 2. The third-order valence-corrected chi connectivity index (χ3v) is 8.49. The number of likely N-dealkylation sites (tertiary alicyclic amines) is 1. The van der Waals surface area contributed by atoms with Crippen LogP contribution in [0.15, 0.2) is 42.5 Å². The molecule has 0 unspecified atom stereocenters. The monoisotopic (exact) mass is 557 g/mol. The van der Waals surface area contributed by atoms with E-state index in [4.69, 9.17) is 16.3 Å². The number of carbonyl (C=O) groups is 3. The second kappa shape index (κ2) is 11.9. The predicted molar refractivity (Wildman–Crippen MR) is 146 cm³/mol. The number of halogens is 2. The lowest BCUT2D eigenvalue weighted by molar-refractivity contribution is -0.133. The number of aromatic nitrogens is 1. The minimum Gasteiger partial charge on any atom is -0.376 e. The molecule has 1 aromatic heterocycles. The van der Waals surface area contributed by atoms with Crippen LogP contribution in [0.2, 0.25) is 5.02 Å². The van der Waals surface area contributed by atoms with Crippen LogP contribution in [0.25, 0.3) is 10.1 Å². The van der Waals surface area contributed by atoms with Crippen LogP contribution in [-0.4, -0.2) is 58.8 Å². The van der Waals surface area contributed by atoms with E-state index in [1.54, 1.807) is 23.1 Å². The van der Waals surface area contributed by atoms with Crippen LogP contribution in [0.1, 0.15) is 48.2 Å². The molecule has 2 aromatic carbocycles. The summed E-state index contributed by atoms with van der Waals surface area (Å²) < 4.78 is 25.5. The molecule has 2 atom stereocenters. The fraction of sp³-hybridized carbons (Fsp3) is 0.429. The minimum atomic E-state index is -1.08. The van der Waals surface area contributed by atoms with E-state index in [2.05, 4.69) is 9.69 Å². The van der Waals surface area contributed by atoms with Gasteiger partial charge < -0.3 is 19.7 Å². The van der Waals surface area contributed by atoms with E-state index in [9.17, 15) is 18.8 Å². The van der Waals surface area contributed by atoms with Crippen molar-refractivity contribution in [3.05, 3.63) is 58.7 Å². The lowest BCUT2D eigenvalue weighted by Crippen LogP contribution is -2.40. The maximum absolute atomic E-state index is 14.3. The number of alkyl halides is 1.